The molecule has 0 spiro atoms. The smallest absolute Gasteiger partial charge is 0.270 e. The van der Waals surface area contributed by atoms with Crippen molar-refractivity contribution in [2.45, 2.75) is 20.3 Å². The summed E-state index contributed by atoms with van der Waals surface area (Å²) in [5, 5.41) is 12.9. The number of hydrogen-bond acceptors (Lipinski definition) is 5. The zero-order chi connectivity index (χ0) is 22.0. The number of aromatic hydroxyl groups is 1. The van der Waals surface area contributed by atoms with Crippen molar-refractivity contribution in [2.24, 2.45) is 0 Å². The number of hydrogen-bond donors (Lipinski definition) is 2. The molecule has 0 radical (unpaired) electrons. The largest absolute Gasteiger partial charge is 0.504 e. The van der Waals surface area contributed by atoms with Gasteiger partial charge in [0.2, 0.25) is 0 Å². The predicted molar refractivity (Wildman–Crippen MR) is 121 cm³/mol. The van der Waals surface area contributed by atoms with Gasteiger partial charge in [0, 0.05) is 5.56 Å². The highest BCUT2D eigenvalue weighted by atomic mass is 32.1. The maximum absolute atomic E-state index is 13.2. The molecule has 0 unspecified atom stereocenters. The first-order valence-corrected chi connectivity index (χ1v) is 9.66. The molecule has 1 aliphatic heterocycles. The molecule has 2 N–H and O–H groups in total. The average molecular weight is 423 g/mol. The number of carbonyl (C=O) groups is 2. The molecule has 154 valence electrons. The van der Waals surface area contributed by atoms with Crippen molar-refractivity contribution in [2.75, 3.05) is 12.0 Å². The highest BCUT2D eigenvalue weighted by Gasteiger charge is 2.34. The summed E-state index contributed by atoms with van der Waals surface area (Å²) in [6.07, 6.45) is 3.51. The van der Waals surface area contributed by atoms with Gasteiger partial charge in [-0.3, -0.25) is 19.8 Å². The van der Waals surface area contributed by atoms with Crippen molar-refractivity contribution in [1.82, 2.24) is 5.32 Å². The number of nitrogens with zero attached hydrogens (tertiary/aromatic N) is 1. The summed E-state index contributed by atoms with van der Waals surface area (Å²) < 4.78 is 5.22. The van der Waals surface area contributed by atoms with Crippen LogP contribution in [0.4, 0.5) is 5.69 Å². The fourth-order valence-electron chi connectivity index (χ4n) is 3.38. The Bertz CT molecular complexity index is 1080. The summed E-state index contributed by atoms with van der Waals surface area (Å²) in [6.45, 7) is 7.53. The average Bonchev–Trinajstić information content (AvgIpc) is 2.66. The highest BCUT2D eigenvalue weighted by Crippen LogP contribution is 2.33. The zero-order valence-corrected chi connectivity index (χ0v) is 17.8. The van der Waals surface area contributed by atoms with E-state index in [2.05, 4.69) is 11.9 Å². The fraction of sp³-hybridized carbons (Fsp3) is 0.174. The van der Waals surface area contributed by atoms with Gasteiger partial charge in [-0.05, 0) is 79.5 Å². The minimum Gasteiger partial charge on any atom is -0.504 e. The Kier molecular flexibility index (Phi) is 6.03. The quantitative estimate of drug-likeness (QED) is 0.333. The lowest BCUT2D eigenvalue weighted by atomic mass is 10.0. The van der Waals surface area contributed by atoms with Crippen molar-refractivity contribution in [1.29, 1.82) is 0 Å². The number of phenolic OH excluding ortho intramolecular Hbond substituents is 1. The van der Waals surface area contributed by atoms with Gasteiger partial charge in [-0.25, -0.2) is 0 Å². The Labute approximate surface area is 180 Å². The van der Waals surface area contributed by atoms with Gasteiger partial charge in [0.05, 0.1) is 12.8 Å². The third-order valence-electron chi connectivity index (χ3n) is 4.64. The molecule has 3 rings (SSSR count). The number of ether oxygens (including phenoxy) is 1. The molecule has 0 bridgehead atoms. The minimum absolute atomic E-state index is 0.00277. The van der Waals surface area contributed by atoms with E-state index in [9.17, 15) is 14.7 Å². The molecule has 0 aromatic heterocycles. The number of carbonyl (C=O) groups excluding carboxylic acids is 2. The second kappa shape index (κ2) is 8.51. The molecule has 2 aromatic carbocycles. The minimum atomic E-state index is -0.581. The number of amides is 2. The number of aryl methyl sites for hydroxylation is 2. The summed E-state index contributed by atoms with van der Waals surface area (Å²) in [5.41, 5.74) is 3.57. The van der Waals surface area contributed by atoms with Crippen LogP contribution in [0.1, 0.15) is 22.3 Å². The number of methoxy groups -OCH3 is 1. The molecule has 2 aromatic rings. The van der Waals surface area contributed by atoms with Gasteiger partial charge >= 0.3 is 0 Å². The Morgan fingerprint density at radius 2 is 1.83 bits per heavy atom. The lowest BCUT2D eigenvalue weighted by Crippen LogP contribution is -2.54. The van der Waals surface area contributed by atoms with Gasteiger partial charge in [0.1, 0.15) is 5.57 Å². The Hall–Kier alpha value is -3.45. The second-order valence-electron chi connectivity index (χ2n) is 7.03. The molecule has 0 saturated carbocycles. The van der Waals surface area contributed by atoms with E-state index in [1.165, 1.54) is 18.1 Å². The Balaban J connectivity index is 2.09. The first-order valence-electron chi connectivity index (χ1n) is 9.25. The van der Waals surface area contributed by atoms with Gasteiger partial charge in [-0.15, -0.1) is 6.58 Å². The van der Waals surface area contributed by atoms with Crippen LogP contribution in [0.15, 0.2) is 48.6 Å². The van der Waals surface area contributed by atoms with E-state index < -0.39 is 11.8 Å². The number of thiocarbonyl (C=S) groups is 1. The van der Waals surface area contributed by atoms with E-state index in [-0.39, 0.29) is 22.2 Å². The lowest BCUT2D eigenvalue weighted by Gasteiger charge is -2.29. The lowest BCUT2D eigenvalue weighted by molar-refractivity contribution is -0.122. The van der Waals surface area contributed by atoms with Crippen LogP contribution in [0, 0.1) is 13.8 Å². The summed E-state index contributed by atoms with van der Waals surface area (Å²) in [7, 11) is 1.43. The second-order valence-corrected chi connectivity index (χ2v) is 7.41. The first-order chi connectivity index (χ1) is 14.2. The van der Waals surface area contributed by atoms with Crippen LogP contribution in [-0.2, 0) is 16.0 Å². The molecule has 30 heavy (non-hydrogen) atoms. The predicted octanol–water partition coefficient (Wildman–Crippen LogP) is 3.58. The molecule has 6 nitrogen and oxygen atoms in total. The maximum Gasteiger partial charge on any atom is 0.270 e. The van der Waals surface area contributed by atoms with Crippen molar-refractivity contribution in [3.05, 3.63) is 70.8 Å². The van der Waals surface area contributed by atoms with Gasteiger partial charge in [-0.2, -0.15) is 0 Å². The van der Waals surface area contributed by atoms with E-state index in [0.29, 0.717) is 23.2 Å². The first kappa shape index (κ1) is 21.3. The third kappa shape index (κ3) is 4.11. The molecule has 0 aliphatic carbocycles. The molecule has 0 atom stereocenters. The van der Waals surface area contributed by atoms with Crippen LogP contribution in [0.2, 0.25) is 0 Å². The van der Waals surface area contributed by atoms with Crippen LogP contribution in [0.5, 0.6) is 11.5 Å². The number of nitrogens with one attached hydrogen (secondary N) is 1. The standard InChI is InChI=1S/C23H22N2O4S/c1-5-6-16-10-15(12-19(29-4)20(16)26)11-18-21(27)24-23(30)25(22(18)28)17-8-13(2)7-14(3)9-17/h5,7-12,26H,1,6H2,2-4H3,(H,24,27,30)/b18-11+. The van der Waals surface area contributed by atoms with Crippen LogP contribution < -0.4 is 15.0 Å². The number of anilines is 1. The number of rotatable bonds is 5. The molecule has 1 fully saturated rings. The number of allylic oxidation sites excluding steroid dienone is 1. The monoisotopic (exact) mass is 422 g/mol. The van der Waals surface area contributed by atoms with E-state index in [0.717, 1.165) is 11.1 Å². The molecule has 2 amide bonds. The molecular weight excluding hydrogens is 400 g/mol. The van der Waals surface area contributed by atoms with Crippen molar-refractivity contribution < 1.29 is 19.4 Å². The summed E-state index contributed by atoms with van der Waals surface area (Å²) in [5.74, 6) is -0.863. The van der Waals surface area contributed by atoms with E-state index in [1.54, 1.807) is 18.2 Å². The zero-order valence-electron chi connectivity index (χ0n) is 17.0. The third-order valence-corrected chi connectivity index (χ3v) is 4.92. The molecule has 1 aliphatic rings. The molecule has 7 heteroatoms. The van der Waals surface area contributed by atoms with Crippen LogP contribution in [0.3, 0.4) is 0 Å². The van der Waals surface area contributed by atoms with Gasteiger partial charge in [0.15, 0.2) is 16.6 Å². The topological polar surface area (TPSA) is 78.9 Å². The Morgan fingerprint density at radius 3 is 2.43 bits per heavy atom. The fourth-order valence-corrected chi connectivity index (χ4v) is 3.66. The van der Waals surface area contributed by atoms with E-state index >= 15 is 0 Å². The maximum atomic E-state index is 13.2. The van der Waals surface area contributed by atoms with Gasteiger partial charge < -0.3 is 9.84 Å². The van der Waals surface area contributed by atoms with Crippen LogP contribution >= 0.6 is 12.2 Å². The molecule has 1 heterocycles. The summed E-state index contributed by atoms with van der Waals surface area (Å²) >= 11 is 5.26. The summed E-state index contributed by atoms with van der Waals surface area (Å²) in [4.78, 5) is 27.1. The highest BCUT2D eigenvalue weighted by molar-refractivity contribution is 7.80. The van der Waals surface area contributed by atoms with E-state index in [1.807, 2.05) is 32.0 Å². The SMILES string of the molecule is C=CCc1cc(/C=C2\C(=O)NC(=S)N(c3cc(C)cc(C)c3)C2=O)cc(OC)c1O. The van der Waals surface area contributed by atoms with Crippen LogP contribution in [-0.4, -0.2) is 29.1 Å². The molecule has 1 saturated heterocycles. The van der Waals surface area contributed by atoms with Gasteiger partial charge in [0.25, 0.3) is 11.8 Å². The van der Waals surface area contributed by atoms with Crippen molar-refractivity contribution in [3.8, 4) is 11.5 Å². The van der Waals surface area contributed by atoms with Crippen molar-refractivity contribution >= 4 is 40.9 Å². The van der Waals surface area contributed by atoms with Gasteiger partial charge in [-0.1, -0.05) is 12.1 Å². The van der Waals surface area contributed by atoms with E-state index in [4.69, 9.17) is 17.0 Å². The normalized spacial score (nSPS) is 15.4. The summed E-state index contributed by atoms with van der Waals surface area (Å²) in [6, 6.07) is 8.89. The van der Waals surface area contributed by atoms with Crippen LogP contribution in [0.25, 0.3) is 6.08 Å². The van der Waals surface area contributed by atoms with Crippen molar-refractivity contribution in [3.63, 3.8) is 0 Å². The number of benzene rings is 2. The Morgan fingerprint density at radius 1 is 1.17 bits per heavy atom. The molecular formula is C23H22N2O4S. The number of phenols is 1.